The normalized spacial score (nSPS) is 20.9. The van der Waals surface area contributed by atoms with Gasteiger partial charge in [0.15, 0.2) is 5.82 Å². The Labute approximate surface area is 206 Å². The summed E-state index contributed by atoms with van der Waals surface area (Å²) in [5, 5.41) is 0. The van der Waals surface area contributed by atoms with Crippen LogP contribution in [0.5, 0.6) is 5.75 Å². The maximum atomic E-state index is 12.8. The van der Waals surface area contributed by atoms with E-state index in [0.717, 1.165) is 62.5 Å². The number of amides is 1. The van der Waals surface area contributed by atoms with Crippen molar-refractivity contribution in [1.82, 2.24) is 24.8 Å². The van der Waals surface area contributed by atoms with Crippen molar-refractivity contribution < 1.29 is 9.53 Å². The van der Waals surface area contributed by atoms with Gasteiger partial charge in [-0.1, -0.05) is 12.1 Å². The zero-order valence-electron chi connectivity index (χ0n) is 20.2. The van der Waals surface area contributed by atoms with Crippen molar-refractivity contribution in [1.29, 1.82) is 0 Å². The number of likely N-dealkylation sites (tertiary alicyclic amines) is 2. The van der Waals surface area contributed by atoms with Gasteiger partial charge in [0, 0.05) is 55.9 Å². The topological polar surface area (TPSA) is 71.5 Å². The Morgan fingerprint density at radius 1 is 1.09 bits per heavy atom. The van der Waals surface area contributed by atoms with Crippen molar-refractivity contribution in [3.05, 3.63) is 71.8 Å². The molecule has 7 nitrogen and oxygen atoms in total. The van der Waals surface area contributed by atoms with E-state index < -0.39 is 0 Å². The number of carbonyl (C=O) groups excluding carboxylic acids is 1. The number of piperidine rings is 1. The minimum Gasteiger partial charge on any atom is -0.495 e. The molecule has 0 bridgehead atoms. The Morgan fingerprint density at radius 2 is 1.89 bits per heavy atom. The number of hydrogen-bond acceptors (Lipinski definition) is 6. The highest BCUT2D eigenvalue weighted by Crippen LogP contribution is 2.48. The van der Waals surface area contributed by atoms with E-state index in [2.05, 4.69) is 38.1 Å². The number of carbonyl (C=O) groups is 1. The number of rotatable bonds is 5. The van der Waals surface area contributed by atoms with Crippen molar-refractivity contribution in [2.75, 3.05) is 33.3 Å². The first kappa shape index (κ1) is 22.2. The van der Waals surface area contributed by atoms with Crippen molar-refractivity contribution in [3.63, 3.8) is 0 Å². The zero-order chi connectivity index (χ0) is 23.8. The number of aryl methyl sites for hydroxylation is 1. The minimum atomic E-state index is 0.177. The predicted molar refractivity (Wildman–Crippen MR) is 133 cm³/mol. The first-order valence-corrected chi connectivity index (χ1v) is 12.5. The molecule has 1 aliphatic carbocycles. The average molecular weight is 470 g/mol. The Balaban J connectivity index is 1.03. The predicted octanol–water partition coefficient (Wildman–Crippen LogP) is 3.70. The second kappa shape index (κ2) is 9.04. The molecule has 1 amide bonds. The number of fused-ring (bicyclic) bond motifs is 1. The number of pyridine rings is 1. The summed E-state index contributed by atoms with van der Waals surface area (Å²) >= 11 is 0. The van der Waals surface area contributed by atoms with Gasteiger partial charge >= 0.3 is 0 Å². The number of hydrogen-bond donors (Lipinski definition) is 0. The van der Waals surface area contributed by atoms with Crippen LogP contribution in [-0.4, -0.2) is 63.9 Å². The van der Waals surface area contributed by atoms with Gasteiger partial charge in [-0.05, 0) is 66.5 Å². The fraction of sp³-hybridized carbons (Fsp3) is 0.429. The summed E-state index contributed by atoms with van der Waals surface area (Å²) in [7, 11) is 1.62. The number of aromatic nitrogens is 3. The number of benzene rings is 1. The lowest BCUT2D eigenvalue weighted by Gasteiger charge is -2.56. The Morgan fingerprint density at radius 3 is 2.60 bits per heavy atom. The molecule has 1 atom stereocenters. The fourth-order valence-electron chi connectivity index (χ4n) is 6.05. The molecule has 180 valence electrons. The SMILES string of the molecule is COc1ccc(CC(=O)N2CCC3(CC2)CN([C@H]2CCc4cc(-c5ncccn5)ccc42)C3)nc1. The summed E-state index contributed by atoms with van der Waals surface area (Å²) in [6.45, 7) is 3.99. The van der Waals surface area contributed by atoms with Gasteiger partial charge in [-0.15, -0.1) is 0 Å². The van der Waals surface area contributed by atoms with Gasteiger partial charge in [-0.3, -0.25) is 14.7 Å². The van der Waals surface area contributed by atoms with Crippen LogP contribution in [0.2, 0.25) is 0 Å². The molecule has 0 N–H and O–H groups in total. The maximum absolute atomic E-state index is 12.8. The highest BCUT2D eigenvalue weighted by molar-refractivity contribution is 5.78. The molecule has 6 rings (SSSR count). The molecule has 2 saturated heterocycles. The first-order chi connectivity index (χ1) is 17.1. The molecule has 0 saturated carbocycles. The Kier molecular flexibility index (Phi) is 5.72. The lowest BCUT2D eigenvalue weighted by Crippen LogP contribution is -2.61. The average Bonchev–Trinajstić information content (AvgIpc) is 3.31. The lowest BCUT2D eigenvalue weighted by atomic mass is 9.71. The van der Waals surface area contributed by atoms with E-state index >= 15 is 0 Å². The summed E-state index contributed by atoms with van der Waals surface area (Å²) < 4.78 is 5.15. The smallest absolute Gasteiger partial charge is 0.228 e. The van der Waals surface area contributed by atoms with Crippen molar-refractivity contribution in [2.24, 2.45) is 5.41 Å². The Hall–Kier alpha value is -3.32. The highest BCUT2D eigenvalue weighted by atomic mass is 16.5. The fourth-order valence-corrected chi connectivity index (χ4v) is 6.05. The second-order valence-corrected chi connectivity index (χ2v) is 10.2. The monoisotopic (exact) mass is 469 g/mol. The summed E-state index contributed by atoms with van der Waals surface area (Å²) in [5.41, 5.74) is 5.18. The second-order valence-electron chi connectivity index (χ2n) is 10.2. The van der Waals surface area contributed by atoms with Gasteiger partial charge in [0.2, 0.25) is 5.91 Å². The largest absolute Gasteiger partial charge is 0.495 e. The molecule has 1 aromatic carbocycles. The van der Waals surface area contributed by atoms with Gasteiger partial charge in [-0.25, -0.2) is 9.97 Å². The molecule has 0 unspecified atom stereocenters. The van der Waals surface area contributed by atoms with Crippen molar-refractivity contribution in [3.8, 4) is 17.1 Å². The van der Waals surface area contributed by atoms with Crippen LogP contribution in [0.4, 0.5) is 0 Å². The highest BCUT2D eigenvalue weighted by Gasteiger charge is 2.48. The molecule has 3 aromatic rings. The van der Waals surface area contributed by atoms with E-state index in [1.165, 1.54) is 17.5 Å². The third-order valence-electron chi connectivity index (χ3n) is 8.07. The molecule has 0 radical (unpaired) electrons. The molecule has 1 spiro atoms. The summed E-state index contributed by atoms with van der Waals surface area (Å²) in [6, 6.07) is 12.8. The molecule has 2 aliphatic heterocycles. The molecular formula is C28H31N5O2. The van der Waals surface area contributed by atoms with Crippen LogP contribution in [0.3, 0.4) is 0 Å². The van der Waals surface area contributed by atoms with E-state index in [0.29, 0.717) is 23.6 Å². The van der Waals surface area contributed by atoms with E-state index in [1.807, 2.05) is 23.1 Å². The minimum absolute atomic E-state index is 0.177. The summed E-state index contributed by atoms with van der Waals surface area (Å²) in [4.78, 5) is 30.7. The van der Waals surface area contributed by atoms with Crippen LogP contribution in [0.15, 0.2) is 55.0 Å². The van der Waals surface area contributed by atoms with Crippen LogP contribution < -0.4 is 4.74 Å². The molecule has 7 heteroatoms. The van der Waals surface area contributed by atoms with Crippen LogP contribution in [0.25, 0.3) is 11.4 Å². The van der Waals surface area contributed by atoms with Gasteiger partial charge in [0.1, 0.15) is 5.75 Å². The van der Waals surface area contributed by atoms with E-state index in [-0.39, 0.29) is 5.91 Å². The Bertz CT molecular complexity index is 1200. The summed E-state index contributed by atoms with van der Waals surface area (Å²) in [6.07, 6.45) is 10.1. The number of methoxy groups -OCH3 is 1. The van der Waals surface area contributed by atoms with Gasteiger partial charge in [0.25, 0.3) is 0 Å². The van der Waals surface area contributed by atoms with Crippen molar-refractivity contribution >= 4 is 5.91 Å². The molecule has 3 aliphatic rings. The zero-order valence-corrected chi connectivity index (χ0v) is 20.2. The quantitative estimate of drug-likeness (QED) is 0.568. The van der Waals surface area contributed by atoms with E-state index in [1.54, 1.807) is 25.7 Å². The van der Waals surface area contributed by atoms with Crippen LogP contribution in [0.1, 0.15) is 42.1 Å². The van der Waals surface area contributed by atoms with Crippen molar-refractivity contribution in [2.45, 2.75) is 38.1 Å². The van der Waals surface area contributed by atoms with Gasteiger partial charge in [-0.2, -0.15) is 0 Å². The molecule has 4 heterocycles. The molecule has 2 fully saturated rings. The maximum Gasteiger partial charge on any atom is 0.228 e. The summed E-state index contributed by atoms with van der Waals surface area (Å²) in [5.74, 6) is 1.69. The molecule has 2 aromatic heterocycles. The number of nitrogens with zero attached hydrogens (tertiary/aromatic N) is 5. The van der Waals surface area contributed by atoms with E-state index in [9.17, 15) is 4.79 Å². The standard InChI is InChI=1S/C28H31N5O2/c1-35-23-6-5-22(31-17-23)16-26(34)32-13-9-28(10-14-32)18-33(19-28)25-8-4-20-15-21(3-7-24(20)25)27-29-11-2-12-30-27/h2-3,5-7,11-12,15,17,25H,4,8-10,13-14,16,18-19H2,1H3/t25-/m0/s1. The van der Waals surface area contributed by atoms with Crippen LogP contribution in [0, 0.1) is 5.41 Å². The molecule has 35 heavy (non-hydrogen) atoms. The van der Waals surface area contributed by atoms with Crippen LogP contribution >= 0.6 is 0 Å². The third-order valence-corrected chi connectivity index (χ3v) is 8.07. The van der Waals surface area contributed by atoms with Crippen LogP contribution in [-0.2, 0) is 17.6 Å². The third kappa shape index (κ3) is 4.29. The lowest BCUT2D eigenvalue weighted by molar-refractivity contribution is -0.136. The van der Waals surface area contributed by atoms with Gasteiger partial charge in [0.05, 0.1) is 19.7 Å². The van der Waals surface area contributed by atoms with Gasteiger partial charge < -0.3 is 9.64 Å². The first-order valence-electron chi connectivity index (χ1n) is 12.5. The van der Waals surface area contributed by atoms with E-state index in [4.69, 9.17) is 4.74 Å². The molecular weight excluding hydrogens is 438 g/mol. The number of ether oxygens (including phenoxy) is 1.